The van der Waals surface area contributed by atoms with Crippen molar-refractivity contribution in [3.05, 3.63) is 0 Å². The molecule has 0 aromatic carbocycles. The van der Waals surface area contributed by atoms with Crippen LogP contribution in [0.5, 0.6) is 0 Å². The number of nitrogens with zero attached hydrogens (tertiary/aromatic N) is 2. The van der Waals surface area contributed by atoms with E-state index in [2.05, 4.69) is 24.2 Å². The maximum absolute atomic E-state index is 12.4. The predicted octanol–water partition coefficient (Wildman–Crippen LogP) is 3.63. The molecule has 1 N–H and O–H groups in total. The summed E-state index contributed by atoms with van der Waals surface area (Å²) in [6, 6.07) is 1.52. The van der Waals surface area contributed by atoms with Gasteiger partial charge in [0.2, 0.25) is 0 Å². The van der Waals surface area contributed by atoms with Crippen LogP contribution in [0.3, 0.4) is 0 Å². The summed E-state index contributed by atoms with van der Waals surface area (Å²) in [6.45, 7) is 11.0. The number of hydrogen-bond acceptors (Lipinski definition) is 4. The van der Waals surface area contributed by atoms with Gasteiger partial charge >= 0.3 is 6.09 Å². The highest BCUT2D eigenvalue weighted by Crippen LogP contribution is 2.24. The average molecular weight is 354 g/mol. The van der Waals surface area contributed by atoms with Gasteiger partial charge in [0, 0.05) is 37.8 Å². The molecule has 2 aliphatic rings. The molecule has 1 amide bonds. The number of rotatable bonds is 7. The van der Waals surface area contributed by atoms with Crippen molar-refractivity contribution in [1.82, 2.24) is 15.1 Å². The minimum Gasteiger partial charge on any atom is -0.444 e. The first-order valence-corrected chi connectivity index (χ1v) is 10.2. The van der Waals surface area contributed by atoms with Gasteiger partial charge < -0.3 is 19.9 Å². The lowest BCUT2D eigenvalue weighted by Gasteiger charge is -2.30. The highest BCUT2D eigenvalue weighted by atomic mass is 16.6. The van der Waals surface area contributed by atoms with E-state index in [0.29, 0.717) is 12.1 Å². The molecule has 5 nitrogen and oxygen atoms in total. The van der Waals surface area contributed by atoms with Crippen LogP contribution in [0.25, 0.3) is 0 Å². The van der Waals surface area contributed by atoms with E-state index >= 15 is 0 Å². The van der Waals surface area contributed by atoms with Crippen LogP contribution in [0, 0.1) is 0 Å². The van der Waals surface area contributed by atoms with E-state index in [1.807, 2.05) is 25.7 Å². The Balaban J connectivity index is 1.69. The van der Waals surface area contributed by atoms with E-state index in [9.17, 15) is 4.79 Å². The molecule has 2 rings (SSSR count). The van der Waals surface area contributed by atoms with Crippen molar-refractivity contribution in [2.24, 2.45) is 0 Å². The van der Waals surface area contributed by atoms with Crippen LogP contribution >= 0.6 is 0 Å². The first-order valence-electron chi connectivity index (χ1n) is 10.2. The van der Waals surface area contributed by atoms with Crippen molar-refractivity contribution < 1.29 is 9.53 Å². The first-order chi connectivity index (χ1) is 11.8. The van der Waals surface area contributed by atoms with Gasteiger partial charge in [0.15, 0.2) is 0 Å². The van der Waals surface area contributed by atoms with Crippen molar-refractivity contribution >= 4 is 6.09 Å². The van der Waals surface area contributed by atoms with Crippen LogP contribution in [0.2, 0.25) is 0 Å². The van der Waals surface area contributed by atoms with Gasteiger partial charge in [-0.2, -0.15) is 0 Å². The SMILES string of the molecule is CC(CC1CCCN1C(=O)OC(C)(C)C)NCCN(C)C1CCCC1. The summed E-state index contributed by atoms with van der Waals surface area (Å²) in [4.78, 5) is 16.8. The van der Waals surface area contributed by atoms with E-state index in [-0.39, 0.29) is 6.09 Å². The van der Waals surface area contributed by atoms with E-state index < -0.39 is 5.60 Å². The quantitative estimate of drug-likeness (QED) is 0.759. The Kier molecular flexibility index (Phi) is 7.56. The molecule has 146 valence electrons. The summed E-state index contributed by atoms with van der Waals surface area (Å²) in [6.07, 6.45) is 8.53. The fourth-order valence-corrected chi connectivity index (χ4v) is 4.15. The highest BCUT2D eigenvalue weighted by molar-refractivity contribution is 5.68. The van der Waals surface area contributed by atoms with E-state index in [4.69, 9.17) is 4.74 Å². The third-order valence-corrected chi connectivity index (χ3v) is 5.54. The zero-order valence-electron chi connectivity index (χ0n) is 17.0. The molecule has 2 fully saturated rings. The maximum Gasteiger partial charge on any atom is 0.410 e. The topological polar surface area (TPSA) is 44.8 Å². The second kappa shape index (κ2) is 9.22. The zero-order valence-corrected chi connectivity index (χ0v) is 17.0. The summed E-state index contributed by atoms with van der Waals surface area (Å²) in [5.41, 5.74) is -0.418. The Morgan fingerprint density at radius 1 is 1.24 bits per heavy atom. The number of hydrogen-bond donors (Lipinski definition) is 1. The Morgan fingerprint density at radius 2 is 1.92 bits per heavy atom. The molecular weight excluding hydrogens is 314 g/mol. The minimum atomic E-state index is -0.418. The summed E-state index contributed by atoms with van der Waals surface area (Å²) in [5, 5.41) is 3.65. The molecule has 1 aliphatic carbocycles. The number of amides is 1. The first kappa shape index (κ1) is 20.5. The lowest BCUT2D eigenvalue weighted by Crippen LogP contribution is -2.44. The van der Waals surface area contributed by atoms with Crippen LogP contribution in [0.15, 0.2) is 0 Å². The minimum absolute atomic E-state index is 0.150. The lowest BCUT2D eigenvalue weighted by atomic mass is 10.1. The summed E-state index contributed by atoms with van der Waals surface area (Å²) in [7, 11) is 2.25. The number of nitrogens with one attached hydrogen (secondary N) is 1. The Hall–Kier alpha value is -0.810. The number of carbonyl (C=O) groups is 1. The highest BCUT2D eigenvalue weighted by Gasteiger charge is 2.32. The molecular formula is C20H39N3O2. The number of carbonyl (C=O) groups excluding carboxylic acids is 1. The van der Waals surface area contributed by atoms with E-state index in [1.54, 1.807) is 0 Å². The van der Waals surface area contributed by atoms with Crippen molar-refractivity contribution in [2.75, 3.05) is 26.7 Å². The molecule has 1 aliphatic heterocycles. The van der Waals surface area contributed by atoms with Gasteiger partial charge in [0.25, 0.3) is 0 Å². The molecule has 25 heavy (non-hydrogen) atoms. The molecule has 2 atom stereocenters. The second-order valence-corrected chi connectivity index (χ2v) is 8.98. The monoisotopic (exact) mass is 353 g/mol. The predicted molar refractivity (Wildman–Crippen MR) is 103 cm³/mol. The van der Waals surface area contributed by atoms with Gasteiger partial charge in [-0.3, -0.25) is 0 Å². The van der Waals surface area contributed by atoms with Crippen LogP contribution in [0.4, 0.5) is 4.79 Å². The summed E-state index contributed by atoms with van der Waals surface area (Å²) in [5.74, 6) is 0. The standard InChI is InChI=1S/C20H39N3O2/c1-16(21-12-14-22(5)17-9-6-7-10-17)15-18-11-8-13-23(18)19(24)25-20(2,3)4/h16-18,21H,6-15H2,1-5H3. The molecule has 0 spiro atoms. The van der Waals surface area contributed by atoms with Crippen molar-refractivity contribution in [1.29, 1.82) is 0 Å². The smallest absolute Gasteiger partial charge is 0.410 e. The lowest BCUT2D eigenvalue weighted by molar-refractivity contribution is 0.0214. The molecule has 0 aromatic heterocycles. The molecule has 0 radical (unpaired) electrons. The molecule has 0 aromatic rings. The van der Waals surface area contributed by atoms with E-state index in [0.717, 1.165) is 44.9 Å². The zero-order chi connectivity index (χ0) is 18.4. The van der Waals surface area contributed by atoms with Crippen molar-refractivity contribution in [3.8, 4) is 0 Å². The summed E-state index contributed by atoms with van der Waals surface area (Å²) >= 11 is 0. The third-order valence-electron chi connectivity index (χ3n) is 5.54. The Bertz CT molecular complexity index is 416. The fourth-order valence-electron chi connectivity index (χ4n) is 4.15. The van der Waals surface area contributed by atoms with Gasteiger partial charge in [-0.15, -0.1) is 0 Å². The molecule has 2 unspecified atom stereocenters. The van der Waals surface area contributed by atoms with Crippen LogP contribution in [-0.2, 0) is 4.74 Å². The largest absolute Gasteiger partial charge is 0.444 e. The van der Waals surface area contributed by atoms with Gasteiger partial charge in [0.05, 0.1) is 0 Å². The maximum atomic E-state index is 12.4. The third kappa shape index (κ3) is 6.78. The van der Waals surface area contributed by atoms with Gasteiger partial charge in [-0.1, -0.05) is 12.8 Å². The van der Waals surface area contributed by atoms with Gasteiger partial charge in [-0.25, -0.2) is 4.79 Å². The number of likely N-dealkylation sites (tertiary alicyclic amines) is 1. The van der Waals surface area contributed by atoms with Crippen LogP contribution < -0.4 is 5.32 Å². The molecule has 1 saturated heterocycles. The normalized spacial score (nSPS) is 23.4. The Morgan fingerprint density at radius 3 is 2.56 bits per heavy atom. The Labute approximate surface area is 154 Å². The molecule has 1 heterocycles. The average Bonchev–Trinajstić information content (AvgIpc) is 3.16. The fraction of sp³-hybridized carbons (Fsp3) is 0.950. The van der Waals surface area contributed by atoms with E-state index in [1.165, 1.54) is 25.7 Å². The molecule has 1 saturated carbocycles. The van der Waals surface area contributed by atoms with Crippen LogP contribution in [-0.4, -0.2) is 66.3 Å². The number of likely N-dealkylation sites (N-methyl/N-ethyl adjacent to an activating group) is 1. The number of ether oxygens (including phenoxy) is 1. The summed E-state index contributed by atoms with van der Waals surface area (Å²) < 4.78 is 5.56. The van der Waals surface area contributed by atoms with Gasteiger partial charge in [0.1, 0.15) is 5.60 Å². The van der Waals surface area contributed by atoms with Crippen molar-refractivity contribution in [2.45, 2.75) is 96.4 Å². The van der Waals surface area contributed by atoms with Crippen LogP contribution in [0.1, 0.15) is 72.6 Å². The molecule has 0 bridgehead atoms. The van der Waals surface area contributed by atoms with Gasteiger partial charge in [-0.05, 0) is 66.8 Å². The molecule has 5 heteroatoms. The van der Waals surface area contributed by atoms with Crippen molar-refractivity contribution in [3.63, 3.8) is 0 Å². The second-order valence-electron chi connectivity index (χ2n) is 8.98.